The first-order valence-corrected chi connectivity index (χ1v) is 4.68. The zero-order valence-corrected chi connectivity index (χ0v) is 7.79. The topological polar surface area (TPSA) is 70.6 Å². The Morgan fingerprint density at radius 1 is 1.69 bits per heavy atom. The van der Waals surface area contributed by atoms with Gasteiger partial charge in [-0.1, -0.05) is 16.8 Å². The SMILES string of the molecule is NC(CNCCC1=CCCC1)=NO. The number of hydrogen-bond donors (Lipinski definition) is 3. The average molecular weight is 183 g/mol. The van der Waals surface area contributed by atoms with E-state index in [9.17, 15) is 0 Å². The molecule has 13 heavy (non-hydrogen) atoms. The van der Waals surface area contributed by atoms with E-state index in [-0.39, 0.29) is 5.84 Å². The normalized spacial score (nSPS) is 17.5. The lowest BCUT2D eigenvalue weighted by atomic mass is 10.2. The highest BCUT2D eigenvalue weighted by atomic mass is 16.4. The van der Waals surface area contributed by atoms with E-state index in [0.717, 1.165) is 13.0 Å². The summed E-state index contributed by atoms with van der Waals surface area (Å²) in [7, 11) is 0. The quantitative estimate of drug-likeness (QED) is 0.148. The van der Waals surface area contributed by atoms with Crippen molar-refractivity contribution in [2.24, 2.45) is 10.9 Å². The molecule has 0 radical (unpaired) electrons. The summed E-state index contributed by atoms with van der Waals surface area (Å²) in [6.07, 6.45) is 7.17. The summed E-state index contributed by atoms with van der Waals surface area (Å²) in [6.45, 7) is 1.37. The molecule has 0 saturated heterocycles. The minimum absolute atomic E-state index is 0.236. The van der Waals surface area contributed by atoms with E-state index in [1.54, 1.807) is 0 Å². The van der Waals surface area contributed by atoms with Gasteiger partial charge in [-0.3, -0.25) is 0 Å². The maximum Gasteiger partial charge on any atom is 0.153 e. The fraction of sp³-hybridized carbons (Fsp3) is 0.667. The van der Waals surface area contributed by atoms with Gasteiger partial charge in [0.05, 0.1) is 6.54 Å². The summed E-state index contributed by atoms with van der Waals surface area (Å²) < 4.78 is 0. The summed E-state index contributed by atoms with van der Waals surface area (Å²) in [5.74, 6) is 0.236. The number of nitrogens with zero attached hydrogens (tertiary/aromatic N) is 1. The number of oxime groups is 1. The van der Waals surface area contributed by atoms with E-state index < -0.39 is 0 Å². The molecule has 0 amide bonds. The lowest BCUT2D eigenvalue weighted by Gasteiger charge is -2.03. The van der Waals surface area contributed by atoms with Crippen LogP contribution >= 0.6 is 0 Å². The third-order valence-corrected chi connectivity index (χ3v) is 2.19. The molecule has 1 aliphatic rings. The molecular weight excluding hydrogens is 166 g/mol. The zero-order valence-electron chi connectivity index (χ0n) is 7.79. The van der Waals surface area contributed by atoms with Crippen LogP contribution < -0.4 is 11.1 Å². The van der Waals surface area contributed by atoms with E-state index in [2.05, 4.69) is 16.5 Å². The van der Waals surface area contributed by atoms with Crippen LogP contribution in [0, 0.1) is 0 Å². The summed E-state index contributed by atoms with van der Waals surface area (Å²) in [5.41, 5.74) is 6.82. The molecule has 0 heterocycles. The highest BCUT2D eigenvalue weighted by Crippen LogP contribution is 2.19. The van der Waals surface area contributed by atoms with Gasteiger partial charge in [0.15, 0.2) is 5.84 Å². The second-order valence-electron chi connectivity index (χ2n) is 3.27. The molecule has 0 aromatic carbocycles. The molecule has 0 aromatic heterocycles. The van der Waals surface area contributed by atoms with E-state index >= 15 is 0 Å². The Labute approximate surface area is 78.5 Å². The summed E-state index contributed by atoms with van der Waals surface area (Å²) >= 11 is 0. The Hall–Kier alpha value is -1.03. The Morgan fingerprint density at radius 2 is 2.54 bits per heavy atom. The lowest BCUT2D eigenvalue weighted by molar-refractivity contribution is 0.317. The Balaban J connectivity index is 2.01. The van der Waals surface area contributed by atoms with Crippen molar-refractivity contribution in [3.8, 4) is 0 Å². The molecule has 0 atom stereocenters. The summed E-state index contributed by atoms with van der Waals surface area (Å²) in [5, 5.41) is 14.2. The summed E-state index contributed by atoms with van der Waals surface area (Å²) in [6, 6.07) is 0. The smallest absolute Gasteiger partial charge is 0.153 e. The van der Waals surface area contributed by atoms with Crippen LogP contribution in [0.2, 0.25) is 0 Å². The number of nitrogens with one attached hydrogen (secondary N) is 1. The molecule has 1 rings (SSSR count). The van der Waals surface area contributed by atoms with Gasteiger partial charge in [0.2, 0.25) is 0 Å². The first-order valence-electron chi connectivity index (χ1n) is 4.68. The molecule has 4 heteroatoms. The maximum absolute atomic E-state index is 8.26. The van der Waals surface area contributed by atoms with Gasteiger partial charge < -0.3 is 16.3 Å². The van der Waals surface area contributed by atoms with Crippen molar-refractivity contribution in [1.29, 1.82) is 0 Å². The third kappa shape index (κ3) is 3.94. The maximum atomic E-state index is 8.26. The molecule has 0 saturated carbocycles. The van der Waals surface area contributed by atoms with Crippen LogP contribution in [0.15, 0.2) is 16.8 Å². The second kappa shape index (κ2) is 5.59. The van der Waals surface area contributed by atoms with Crippen molar-refractivity contribution in [2.75, 3.05) is 13.1 Å². The van der Waals surface area contributed by atoms with E-state index in [0.29, 0.717) is 6.54 Å². The van der Waals surface area contributed by atoms with E-state index in [4.69, 9.17) is 10.9 Å². The van der Waals surface area contributed by atoms with Crippen molar-refractivity contribution in [3.63, 3.8) is 0 Å². The molecule has 4 nitrogen and oxygen atoms in total. The Morgan fingerprint density at radius 3 is 3.15 bits per heavy atom. The molecule has 0 aromatic rings. The Kier molecular flexibility index (Phi) is 4.32. The Bertz CT molecular complexity index is 211. The molecule has 4 N–H and O–H groups in total. The highest BCUT2D eigenvalue weighted by Gasteiger charge is 2.03. The first kappa shape index (κ1) is 10.1. The number of allylic oxidation sites excluding steroid dienone is 1. The number of hydrogen-bond acceptors (Lipinski definition) is 3. The van der Waals surface area contributed by atoms with Crippen molar-refractivity contribution in [1.82, 2.24) is 5.32 Å². The van der Waals surface area contributed by atoms with Crippen LogP contribution in [0.3, 0.4) is 0 Å². The summed E-state index contributed by atoms with van der Waals surface area (Å²) in [4.78, 5) is 0. The van der Waals surface area contributed by atoms with Crippen molar-refractivity contribution in [3.05, 3.63) is 11.6 Å². The van der Waals surface area contributed by atoms with Gasteiger partial charge in [0.25, 0.3) is 0 Å². The molecule has 0 bridgehead atoms. The van der Waals surface area contributed by atoms with Gasteiger partial charge in [-0.05, 0) is 32.2 Å². The predicted octanol–water partition coefficient (Wildman–Crippen LogP) is 0.823. The largest absolute Gasteiger partial charge is 0.409 e. The van der Waals surface area contributed by atoms with Crippen LogP contribution in [0.4, 0.5) is 0 Å². The molecule has 0 spiro atoms. The zero-order chi connectivity index (χ0) is 9.52. The monoisotopic (exact) mass is 183 g/mol. The molecule has 74 valence electrons. The molecular formula is C9H17N3O. The van der Waals surface area contributed by atoms with Crippen molar-refractivity contribution >= 4 is 5.84 Å². The third-order valence-electron chi connectivity index (χ3n) is 2.19. The molecule has 0 aliphatic heterocycles. The fourth-order valence-electron chi connectivity index (χ4n) is 1.47. The van der Waals surface area contributed by atoms with Gasteiger partial charge in [-0.25, -0.2) is 0 Å². The van der Waals surface area contributed by atoms with Crippen LogP contribution in [-0.2, 0) is 0 Å². The molecule has 0 fully saturated rings. The molecule has 0 unspecified atom stereocenters. The minimum atomic E-state index is 0.236. The van der Waals surface area contributed by atoms with Gasteiger partial charge >= 0.3 is 0 Å². The van der Waals surface area contributed by atoms with Gasteiger partial charge in [0, 0.05) is 0 Å². The minimum Gasteiger partial charge on any atom is -0.409 e. The van der Waals surface area contributed by atoms with Crippen LogP contribution in [-0.4, -0.2) is 24.1 Å². The predicted molar refractivity (Wildman–Crippen MR) is 52.8 cm³/mol. The second-order valence-corrected chi connectivity index (χ2v) is 3.27. The van der Waals surface area contributed by atoms with Crippen LogP contribution in [0.1, 0.15) is 25.7 Å². The average Bonchev–Trinajstić information content (AvgIpc) is 2.64. The standard InChI is InChI=1S/C9H17N3O/c10-9(12-13)7-11-6-5-8-3-1-2-4-8/h3,11,13H,1-2,4-7H2,(H2,10,12). The van der Waals surface area contributed by atoms with Gasteiger partial charge in [0.1, 0.15) is 0 Å². The highest BCUT2D eigenvalue weighted by molar-refractivity contribution is 5.81. The van der Waals surface area contributed by atoms with Crippen LogP contribution in [0.25, 0.3) is 0 Å². The number of rotatable bonds is 5. The first-order chi connectivity index (χ1) is 6.33. The van der Waals surface area contributed by atoms with Gasteiger partial charge in [-0.2, -0.15) is 0 Å². The van der Waals surface area contributed by atoms with Crippen molar-refractivity contribution < 1.29 is 5.21 Å². The van der Waals surface area contributed by atoms with E-state index in [1.807, 2.05) is 0 Å². The van der Waals surface area contributed by atoms with E-state index in [1.165, 1.54) is 24.8 Å². The fourth-order valence-corrected chi connectivity index (χ4v) is 1.47. The van der Waals surface area contributed by atoms with Gasteiger partial charge in [-0.15, -0.1) is 0 Å². The van der Waals surface area contributed by atoms with Crippen molar-refractivity contribution in [2.45, 2.75) is 25.7 Å². The molecule has 1 aliphatic carbocycles. The number of amidine groups is 1. The number of nitrogens with two attached hydrogens (primary N) is 1. The lowest BCUT2D eigenvalue weighted by Crippen LogP contribution is -2.29. The van der Waals surface area contributed by atoms with Crippen LogP contribution in [0.5, 0.6) is 0 Å².